The first kappa shape index (κ1) is 18.8. The molecule has 8 heteroatoms. The summed E-state index contributed by atoms with van der Waals surface area (Å²) in [4.78, 5) is 38.3. The summed E-state index contributed by atoms with van der Waals surface area (Å²) in [6.07, 6.45) is 2.41. The van der Waals surface area contributed by atoms with E-state index in [1.165, 1.54) is 23.1 Å². The maximum absolute atomic E-state index is 12.4. The van der Waals surface area contributed by atoms with Crippen molar-refractivity contribution < 1.29 is 14.4 Å². The zero-order valence-electron chi connectivity index (χ0n) is 14.3. The Morgan fingerprint density at radius 2 is 2.00 bits per heavy atom. The number of amides is 3. The van der Waals surface area contributed by atoms with Gasteiger partial charge in [-0.2, -0.15) is 0 Å². The van der Waals surface area contributed by atoms with Crippen molar-refractivity contribution in [2.24, 2.45) is 5.41 Å². The van der Waals surface area contributed by atoms with E-state index in [4.69, 9.17) is 0 Å². The average molecular weight is 370 g/mol. The highest BCUT2D eigenvalue weighted by Gasteiger charge is 2.45. The third-order valence-electron chi connectivity index (χ3n) is 4.44. The van der Waals surface area contributed by atoms with Gasteiger partial charge < -0.3 is 16.0 Å². The molecule has 1 aromatic rings. The predicted octanol–water partition coefficient (Wildman–Crippen LogP) is 1.62. The zero-order valence-corrected chi connectivity index (χ0v) is 15.9. The number of hydrogen-bond acceptors (Lipinski definition) is 5. The van der Waals surface area contributed by atoms with Crippen molar-refractivity contribution in [2.45, 2.75) is 44.2 Å². The van der Waals surface area contributed by atoms with Gasteiger partial charge >= 0.3 is 0 Å². The lowest BCUT2D eigenvalue weighted by molar-refractivity contribution is -0.140. The van der Waals surface area contributed by atoms with E-state index in [1.807, 2.05) is 31.5 Å². The molecule has 1 aliphatic heterocycles. The van der Waals surface area contributed by atoms with E-state index < -0.39 is 5.41 Å². The van der Waals surface area contributed by atoms with Crippen LogP contribution in [-0.2, 0) is 9.59 Å². The Labute approximate surface area is 150 Å². The van der Waals surface area contributed by atoms with Crippen LogP contribution in [0.15, 0.2) is 16.3 Å². The van der Waals surface area contributed by atoms with E-state index in [9.17, 15) is 14.4 Å². The van der Waals surface area contributed by atoms with Crippen LogP contribution in [0.3, 0.4) is 0 Å². The Bertz CT molecular complexity index is 646. The van der Waals surface area contributed by atoms with Gasteiger partial charge in [0, 0.05) is 23.5 Å². The first-order chi connectivity index (χ1) is 11.3. The fraction of sp³-hybridized carbons (Fsp3) is 0.562. The molecule has 0 aromatic carbocycles. The van der Waals surface area contributed by atoms with E-state index in [-0.39, 0.29) is 29.8 Å². The van der Waals surface area contributed by atoms with Gasteiger partial charge in [-0.1, -0.05) is 0 Å². The quantitative estimate of drug-likeness (QED) is 0.525. The molecular weight excluding hydrogens is 346 g/mol. The van der Waals surface area contributed by atoms with Gasteiger partial charge in [0.1, 0.15) is 10.3 Å². The minimum absolute atomic E-state index is 0.146. The van der Waals surface area contributed by atoms with Crippen molar-refractivity contribution in [1.82, 2.24) is 16.0 Å². The van der Waals surface area contributed by atoms with E-state index in [0.717, 1.165) is 4.90 Å². The summed E-state index contributed by atoms with van der Waals surface area (Å²) in [7, 11) is 0. The van der Waals surface area contributed by atoms with Crippen molar-refractivity contribution in [1.29, 1.82) is 0 Å². The largest absolute Gasteiger partial charge is 0.355 e. The number of thioether (sulfide) groups is 1. The Morgan fingerprint density at radius 3 is 2.58 bits per heavy atom. The molecule has 2 heterocycles. The lowest BCUT2D eigenvalue weighted by Gasteiger charge is -2.27. The minimum Gasteiger partial charge on any atom is -0.355 e. The van der Waals surface area contributed by atoms with Crippen LogP contribution in [0.25, 0.3) is 0 Å². The van der Waals surface area contributed by atoms with Gasteiger partial charge in [-0.25, -0.2) is 0 Å². The van der Waals surface area contributed by atoms with Gasteiger partial charge in [0.15, 0.2) is 0 Å². The van der Waals surface area contributed by atoms with Crippen LogP contribution in [0, 0.1) is 5.41 Å². The van der Waals surface area contributed by atoms with E-state index in [1.54, 1.807) is 6.92 Å². The Kier molecular flexibility index (Phi) is 5.92. The molecule has 3 amide bonds. The van der Waals surface area contributed by atoms with Crippen LogP contribution < -0.4 is 16.0 Å². The number of thiophene rings is 1. The smallest absolute Gasteiger partial charge is 0.262 e. The Balaban J connectivity index is 1.95. The molecule has 1 fully saturated rings. The second-order valence-electron chi connectivity index (χ2n) is 6.18. The fourth-order valence-electron chi connectivity index (χ4n) is 2.46. The highest BCUT2D eigenvalue weighted by Crippen LogP contribution is 2.27. The number of rotatable bonds is 6. The van der Waals surface area contributed by atoms with Crippen molar-refractivity contribution in [2.75, 3.05) is 12.8 Å². The maximum Gasteiger partial charge on any atom is 0.262 e. The van der Waals surface area contributed by atoms with E-state index >= 15 is 0 Å². The third kappa shape index (κ3) is 3.75. The highest BCUT2D eigenvalue weighted by molar-refractivity contribution is 7.98. The summed E-state index contributed by atoms with van der Waals surface area (Å²) >= 11 is 2.93. The molecule has 0 radical (unpaired) electrons. The molecule has 1 aliphatic rings. The van der Waals surface area contributed by atoms with Crippen LogP contribution in [-0.4, -0.2) is 42.6 Å². The van der Waals surface area contributed by atoms with Crippen molar-refractivity contribution in [3.8, 4) is 0 Å². The zero-order chi connectivity index (χ0) is 17.9. The minimum atomic E-state index is -1.03. The second-order valence-corrected chi connectivity index (χ2v) is 7.94. The van der Waals surface area contributed by atoms with Crippen molar-refractivity contribution in [3.05, 3.63) is 16.3 Å². The second kappa shape index (κ2) is 7.57. The lowest BCUT2D eigenvalue weighted by Crippen LogP contribution is -2.53. The Hall–Kier alpha value is -1.54. The van der Waals surface area contributed by atoms with Gasteiger partial charge in [-0.05, 0) is 44.9 Å². The summed E-state index contributed by atoms with van der Waals surface area (Å²) < 4.78 is 0. The molecule has 0 saturated carbocycles. The molecule has 132 valence electrons. The van der Waals surface area contributed by atoms with Gasteiger partial charge in [0.2, 0.25) is 11.8 Å². The maximum atomic E-state index is 12.4. The summed E-state index contributed by atoms with van der Waals surface area (Å²) in [5, 5.41) is 10.3. The molecule has 24 heavy (non-hydrogen) atoms. The normalized spacial score (nSPS) is 22.6. The summed E-state index contributed by atoms with van der Waals surface area (Å²) in [6.45, 7) is 5.82. The first-order valence-electron chi connectivity index (χ1n) is 7.81. The number of carbonyl (C=O) groups is 3. The van der Waals surface area contributed by atoms with Crippen LogP contribution in [0.4, 0.5) is 0 Å². The molecular formula is C16H23N3O3S2. The van der Waals surface area contributed by atoms with Gasteiger partial charge in [0.25, 0.3) is 5.91 Å². The first-order valence-corrected chi connectivity index (χ1v) is 9.91. The topological polar surface area (TPSA) is 87.3 Å². The van der Waals surface area contributed by atoms with Crippen LogP contribution >= 0.6 is 23.1 Å². The number of hydrogen-bond donors (Lipinski definition) is 3. The van der Waals surface area contributed by atoms with E-state index in [0.29, 0.717) is 17.8 Å². The molecule has 1 saturated heterocycles. The molecule has 3 unspecified atom stereocenters. The van der Waals surface area contributed by atoms with Crippen LogP contribution in [0.5, 0.6) is 0 Å². The number of nitrogens with one attached hydrogen (secondary N) is 3. The average Bonchev–Trinajstić information content (AvgIpc) is 3.14. The highest BCUT2D eigenvalue weighted by atomic mass is 32.2. The fourth-order valence-corrected chi connectivity index (χ4v) is 4.12. The number of carbonyl (C=O) groups excluding carboxylic acids is 3. The summed E-state index contributed by atoms with van der Waals surface area (Å²) in [6, 6.07) is 1.37. The molecule has 3 atom stereocenters. The summed E-state index contributed by atoms with van der Waals surface area (Å²) in [5.74, 6) is -0.688. The lowest BCUT2D eigenvalue weighted by atomic mass is 9.87. The van der Waals surface area contributed by atoms with Crippen molar-refractivity contribution in [3.63, 3.8) is 0 Å². The van der Waals surface area contributed by atoms with Gasteiger partial charge in [0.05, 0.1) is 0 Å². The molecule has 0 bridgehead atoms. The van der Waals surface area contributed by atoms with Crippen molar-refractivity contribution >= 4 is 40.8 Å². The molecule has 0 spiro atoms. The molecule has 1 aromatic heterocycles. The molecule has 0 aliphatic carbocycles. The SMILES string of the molecule is CSc1ccsc1C(=O)NC(C)C(C)NC(=O)C1(C)CCNC1=O. The Morgan fingerprint density at radius 1 is 1.33 bits per heavy atom. The van der Waals surface area contributed by atoms with Crippen LogP contribution in [0.1, 0.15) is 36.9 Å². The van der Waals surface area contributed by atoms with E-state index in [2.05, 4.69) is 16.0 Å². The third-order valence-corrected chi connectivity index (χ3v) is 6.26. The standard InChI is InChI=1S/C16H23N3O3S2/c1-9(18-13(20)12-11(23-4)5-8-24-12)10(2)19-15(22)16(3)6-7-17-14(16)21/h5,8-10H,6-7H2,1-4H3,(H,17,21)(H,18,20)(H,19,22). The molecule has 3 N–H and O–H groups in total. The van der Waals surface area contributed by atoms with Crippen LogP contribution in [0.2, 0.25) is 0 Å². The summed E-state index contributed by atoms with van der Waals surface area (Å²) in [5.41, 5.74) is -1.03. The predicted molar refractivity (Wildman–Crippen MR) is 96.4 cm³/mol. The molecule has 6 nitrogen and oxygen atoms in total. The van der Waals surface area contributed by atoms with Gasteiger partial charge in [-0.15, -0.1) is 23.1 Å². The molecule has 2 rings (SSSR count). The monoisotopic (exact) mass is 369 g/mol. The van der Waals surface area contributed by atoms with Gasteiger partial charge in [-0.3, -0.25) is 14.4 Å².